The maximum Gasteiger partial charge on any atom is 0.252 e. The predicted octanol–water partition coefficient (Wildman–Crippen LogP) is 1.49. The van der Waals surface area contributed by atoms with Crippen LogP contribution in [0.4, 0.5) is 0 Å². The van der Waals surface area contributed by atoms with Crippen molar-refractivity contribution in [2.24, 2.45) is 5.92 Å². The standard InChI is InChI=1S/C14H24N2O3/c1-4-6-14(19)16(11-17)10-8-13(18)15-9-7-12(3)5-2/h4,6,11-12H,5,7-10H2,1-3H3,(H,15,18)/b6-4-. The van der Waals surface area contributed by atoms with Crippen molar-refractivity contribution in [2.45, 2.75) is 40.0 Å². The van der Waals surface area contributed by atoms with Crippen molar-refractivity contribution in [2.75, 3.05) is 13.1 Å². The molecule has 5 heteroatoms. The Labute approximate surface area is 115 Å². The zero-order chi connectivity index (χ0) is 14.7. The summed E-state index contributed by atoms with van der Waals surface area (Å²) in [5, 5.41) is 2.79. The van der Waals surface area contributed by atoms with Crippen LogP contribution in [0, 0.1) is 5.92 Å². The van der Waals surface area contributed by atoms with E-state index < -0.39 is 5.91 Å². The Kier molecular flexibility index (Phi) is 9.40. The van der Waals surface area contributed by atoms with E-state index in [-0.39, 0.29) is 18.9 Å². The van der Waals surface area contributed by atoms with Gasteiger partial charge in [-0.3, -0.25) is 19.3 Å². The molecule has 0 fully saturated rings. The van der Waals surface area contributed by atoms with Gasteiger partial charge in [-0.25, -0.2) is 0 Å². The Morgan fingerprint density at radius 1 is 1.37 bits per heavy atom. The molecule has 108 valence electrons. The van der Waals surface area contributed by atoms with Gasteiger partial charge in [0.2, 0.25) is 12.3 Å². The quantitative estimate of drug-likeness (QED) is 0.509. The molecule has 1 atom stereocenters. The topological polar surface area (TPSA) is 66.5 Å². The third-order valence-electron chi connectivity index (χ3n) is 2.96. The van der Waals surface area contributed by atoms with Gasteiger partial charge < -0.3 is 5.32 Å². The second-order valence-corrected chi connectivity index (χ2v) is 4.54. The van der Waals surface area contributed by atoms with Crippen LogP contribution < -0.4 is 5.32 Å². The fraction of sp³-hybridized carbons (Fsp3) is 0.643. The van der Waals surface area contributed by atoms with Gasteiger partial charge in [-0.1, -0.05) is 26.3 Å². The lowest BCUT2D eigenvalue weighted by atomic mass is 10.1. The number of allylic oxidation sites excluding steroid dienone is 1. The summed E-state index contributed by atoms with van der Waals surface area (Å²) in [7, 11) is 0. The van der Waals surface area contributed by atoms with Gasteiger partial charge in [0.25, 0.3) is 5.91 Å². The van der Waals surface area contributed by atoms with E-state index in [4.69, 9.17) is 0 Å². The largest absolute Gasteiger partial charge is 0.356 e. The van der Waals surface area contributed by atoms with Gasteiger partial charge in [0.1, 0.15) is 0 Å². The Morgan fingerprint density at radius 2 is 2.05 bits per heavy atom. The maximum atomic E-state index is 11.5. The van der Waals surface area contributed by atoms with Gasteiger partial charge in [0.15, 0.2) is 0 Å². The van der Waals surface area contributed by atoms with E-state index in [9.17, 15) is 14.4 Å². The van der Waals surface area contributed by atoms with E-state index in [1.807, 2.05) is 0 Å². The molecular formula is C14H24N2O3. The summed E-state index contributed by atoms with van der Waals surface area (Å²) in [4.78, 5) is 34.6. The summed E-state index contributed by atoms with van der Waals surface area (Å²) in [5.74, 6) is 0.0522. The van der Waals surface area contributed by atoms with E-state index in [0.717, 1.165) is 17.7 Å². The van der Waals surface area contributed by atoms with Crippen LogP contribution in [-0.4, -0.2) is 36.2 Å². The van der Waals surface area contributed by atoms with Crippen LogP contribution in [0.2, 0.25) is 0 Å². The SMILES string of the molecule is C/C=C\C(=O)N(C=O)CCC(=O)NCCC(C)CC. The monoisotopic (exact) mass is 268 g/mol. The first-order valence-corrected chi connectivity index (χ1v) is 6.70. The zero-order valence-electron chi connectivity index (χ0n) is 12.0. The Bertz CT molecular complexity index is 327. The lowest BCUT2D eigenvalue weighted by Crippen LogP contribution is -2.33. The molecule has 0 rings (SSSR count). The van der Waals surface area contributed by atoms with Gasteiger partial charge in [-0.05, 0) is 25.3 Å². The third kappa shape index (κ3) is 8.13. The number of nitrogens with one attached hydrogen (secondary N) is 1. The normalized spacial score (nSPS) is 12.2. The summed E-state index contributed by atoms with van der Waals surface area (Å²) in [5.41, 5.74) is 0. The first kappa shape index (κ1) is 17.4. The molecule has 19 heavy (non-hydrogen) atoms. The van der Waals surface area contributed by atoms with Crippen molar-refractivity contribution < 1.29 is 14.4 Å². The van der Waals surface area contributed by atoms with E-state index >= 15 is 0 Å². The lowest BCUT2D eigenvalue weighted by molar-refractivity contribution is -0.134. The first-order valence-electron chi connectivity index (χ1n) is 6.70. The molecule has 3 amide bonds. The van der Waals surface area contributed by atoms with Crippen LogP contribution in [0.3, 0.4) is 0 Å². The number of carbonyl (C=O) groups is 3. The summed E-state index contributed by atoms with van der Waals surface area (Å²) in [6.45, 7) is 6.69. The molecular weight excluding hydrogens is 244 g/mol. The van der Waals surface area contributed by atoms with Gasteiger partial charge in [-0.2, -0.15) is 0 Å². The van der Waals surface area contributed by atoms with Crippen LogP contribution in [0.25, 0.3) is 0 Å². The molecule has 0 aliphatic heterocycles. The highest BCUT2D eigenvalue weighted by atomic mass is 16.2. The van der Waals surface area contributed by atoms with Crippen molar-refractivity contribution in [1.29, 1.82) is 0 Å². The second-order valence-electron chi connectivity index (χ2n) is 4.54. The number of carbonyl (C=O) groups excluding carboxylic acids is 3. The number of nitrogens with zero attached hydrogens (tertiary/aromatic N) is 1. The molecule has 0 aliphatic rings. The molecule has 0 saturated heterocycles. The summed E-state index contributed by atoms with van der Waals surface area (Å²) >= 11 is 0. The van der Waals surface area contributed by atoms with Crippen LogP contribution >= 0.6 is 0 Å². The number of rotatable bonds is 9. The molecule has 1 unspecified atom stereocenters. The minimum absolute atomic E-state index is 0.113. The number of hydrogen-bond donors (Lipinski definition) is 1. The number of imide groups is 1. The molecule has 0 spiro atoms. The fourth-order valence-electron chi connectivity index (χ4n) is 1.43. The van der Waals surface area contributed by atoms with Crippen molar-refractivity contribution in [3.8, 4) is 0 Å². The minimum atomic E-state index is -0.398. The maximum absolute atomic E-state index is 11.5. The number of amides is 3. The van der Waals surface area contributed by atoms with Crippen LogP contribution in [0.5, 0.6) is 0 Å². The Morgan fingerprint density at radius 3 is 2.58 bits per heavy atom. The van der Waals surface area contributed by atoms with Gasteiger partial charge in [0, 0.05) is 19.5 Å². The van der Waals surface area contributed by atoms with E-state index in [0.29, 0.717) is 18.9 Å². The zero-order valence-corrected chi connectivity index (χ0v) is 12.0. The molecule has 0 saturated carbocycles. The highest BCUT2D eigenvalue weighted by Gasteiger charge is 2.11. The molecule has 0 heterocycles. The fourth-order valence-corrected chi connectivity index (χ4v) is 1.43. The highest BCUT2D eigenvalue weighted by molar-refractivity contribution is 5.94. The van der Waals surface area contributed by atoms with E-state index in [2.05, 4.69) is 19.2 Å². The van der Waals surface area contributed by atoms with Crippen molar-refractivity contribution in [1.82, 2.24) is 10.2 Å². The Balaban J connectivity index is 3.93. The molecule has 0 aromatic heterocycles. The number of hydrogen-bond acceptors (Lipinski definition) is 3. The second kappa shape index (κ2) is 10.3. The summed E-state index contributed by atoms with van der Waals surface area (Å²) in [6.07, 6.45) is 5.49. The molecule has 0 bridgehead atoms. The highest BCUT2D eigenvalue weighted by Crippen LogP contribution is 2.04. The van der Waals surface area contributed by atoms with Crippen LogP contribution in [0.15, 0.2) is 12.2 Å². The molecule has 0 aliphatic carbocycles. The third-order valence-corrected chi connectivity index (χ3v) is 2.96. The molecule has 0 radical (unpaired) electrons. The van der Waals surface area contributed by atoms with Crippen LogP contribution in [-0.2, 0) is 14.4 Å². The molecule has 0 aromatic rings. The van der Waals surface area contributed by atoms with Crippen molar-refractivity contribution in [3.05, 3.63) is 12.2 Å². The summed E-state index contributed by atoms with van der Waals surface area (Å²) in [6, 6.07) is 0. The van der Waals surface area contributed by atoms with E-state index in [1.165, 1.54) is 6.08 Å². The minimum Gasteiger partial charge on any atom is -0.356 e. The predicted molar refractivity (Wildman–Crippen MR) is 74.3 cm³/mol. The van der Waals surface area contributed by atoms with Gasteiger partial charge in [-0.15, -0.1) is 0 Å². The van der Waals surface area contributed by atoms with Crippen molar-refractivity contribution >= 4 is 18.2 Å². The molecule has 1 N–H and O–H groups in total. The van der Waals surface area contributed by atoms with Crippen molar-refractivity contribution in [3.63, 3.8) is 0 Å². The van der Waals surface area contributed by atoms with Gasteiger partial charge >= 0.3 is 0 Å². The molecule has 5 nitrogen and oxygen atoms in total. The lowest BCUT2D eigenvalue weighted by Gasteiger charge is -2.13. The Hall–Kier alpha value is -1.65. The smallest absolute Gasteiger partial charge is 0.252 e. The van der Waals surface area contributed by atoms with Crippen LogP contribution in [0.1, 0.15) is 40.0 Å². The molecule has 0 aromatic carbocycles. The summed E-state index contributed by atoms with van der Waals surface area (Å²) < 4.78 is 0. The van der Waals surface area contributed by atoms with E-state index in [1.54, 1.807) is 13.0 Å². The van der Waals surface area contributed by atoms with Gasteiger partial charge in [0.05, 0.1) is 0 Å². The average Bonchev–Trinajstić information content (AvgIpc) is 2.39. The first-order chi connectivity index (χ1) is 9.04. The average molecular weight is 268 g/mol.